The summed E-state index contributed by atoms with van der Waals surface area (Å²) in [6, 6.07) is 8.11. The Hall–Kier alpha value is -1.10. The van der Waals surface area contributed by atoms with Crippen molar-refractivity contribution in [3.05, 3.63) is 29.8 Å². The molecule has 1 heterocycles. The summed E-state index contributed by atoms with van der Waals surface area (Å²) in [5.74, 6) is 0.951. The zero-order chi connectivity index (χ0) is 12.8. The molecule has 1 aromatic rings. The number of nitrogens with zero attached hydrogens (tertiary/aromatic N) is 1. The third-order valence-corrected chi connectivity index (χ3v) is 3.09. The van der Waals surface area contributed by atoms with Crippen LogP contribution in [0.15, 0.2) is 24.3 Å². The second kappa shape index (κ2) is 6.73. The maximum atomic E-state index is 9.14. The van der Waals surface area contributed by atoms with Gasteiger partial charge in [0.15, 0.2) is 0 Å². The Kier molecular flexibility index (Phi) is 4.99. The van der Waals surface area contributed by atoms with Crippen LogP contribution >= 0.6 is 0 Å². The molecular weight excluding hydrogens is 230 g/mol. The summed E-state index contributed by atoms with van der Waals surface area (Å²) < 4.78 is 11.1. The van der Waals surface area contributed by atoms with E-state index in [0.29, 0.717) is 13.2 Å². The molecule has 1 fully saturated rings. The smallest absolute Gasteiger partial charge is 0.123 e. The Bertz CT molecular complexity index is 370. The van der Waals surface area contributed by atoms with E-state index >= 15 is 0 Å². The Balaban J connectivity index is 1.99. The van der Waals surface area contributed by atoms with E-state index in [-0.39, 0.29) is 12.7 Å². The van der Waals surface area contributed by atoms with Crippen LogP contribution in [0.3, 0.4) is 0 Å². The van der Waals surface area contributed by atoms with Crippen LogP contribution in [0.1, 0.15) is 12.5 Å². The zero-order valence-electron chi connectivity index (χ0n) is 10.8. The Morgan fingerprint density at radius 2 is 2.28 bits per heavy atom. The van der Waals surface area contributed by atoms with Crippen LogP contribution < -0.4 is 4.74 Å². The van der Waals surface area contributed by atoms with Crippen LogP contribution in [0.4, 0.5) is 0 Å². The first-order valence-electron chi connectivity index (χ1n) is 6.49. The summed E-state index contributed by atoms with van der Waals surface area (Å²) in [5, 5.41) is 9.14. The van der Waals surface area contributed by atoms with E-state index in [4.69, 9.17) is 14.6 Å². The highest BCUT2D eigenvalue weighted by atomic mass is 16.5. The quantitative estimate of drug-likeness (QED) is 0.856. The lowest BCUT2D eigenvalue weighted by Crippen LogP contribution is -2.43. The minimum absolute atomic E-state index is 0.0574. The third kappa shape index (κ3) is 3.45. The van der Waals surface area contributed by atoms with Crippen LogP contribution in [0.2, 0.25) is 0 Å². The molecule has 0 aromatic heterocycles. The van der Waals surface area contributed by atoms with Crippen molar-refractivity contribution in [2.45, 2.75) is 19.6 Å². The normalized spacial score (nSPS) is 20.9. The number of aliphatic hydroxyl groups is 1. The van der Waals surface area contributed by atoms with Gasteiger partial charge in [-0.25, -0.2) is 0 Å². The van der Waals surface area contributed by atoms with Gasteiger partial charge < -0.3 is 14.6 Å². The van der Waals surface area contributed by atoms with E-state index in [1.54, 1.807) is 0 Å². The maximum Gasteiger partial charge on any atom is 0.123 e. The van der Waals surface area contributed by atoms with Gasteiger partial charge in [0, 0.05) is 25.2 Å². The van der Waals surface area contributed by atoms with E-state index in [2.05, 4.69) is 11.0 Å². The minimum atomic E-state index is -0.0574. The third-order valence-electron chi connectivity index (χ3n) is 3.09. The van der Waals surface area contributed by atoms with Crippen molar-refractivity contribution in [1.82, 2.24) is 4.90 Å². The van der Waals surface area contributed by atoms with Crippen molar-refractivity contribution in [2.24, 2.45) is 0 Å². The van der Waals surface area contributed by atoms with E-state index in [9.17, 15) is 0 Å². The highest BCUT2D eigenvalue weighted by Crippen LogP contribution is 2.20. The lowest BCUT2D eigenvalue weighted by atomic mass is 10.1. The maximum absolute atomic E-state index is 9.14. The number of aliphatic hydroxyl groups excluding tert-OH is 1. The molecule has 1 aromatic carbocycles. The minimum Gasteiger partial charge on any atom is -0.494 e. The molecule has 0 amide bonds. The number of hydrogen-bond donors (Lipinski definition) is 1. The molecule has 4 heteroatoms. The highest BCUT2D eigenvalue weighted by molar-refractivity contribution is 5.33. The van der Waals surface area contributed by atoms with Crippen molar-refractivity contribution in [1.29, 1.82) is 0 Å². The van der Waals surface area contributed by atoms with E-state index < -0.39 is 0 Å². The highest BCUT2D eigenvalue weighted by Gasteiger charge is 2.20. The number of rotatable bonds is 5. The van der Waals surface area contributed by atoms with Crippen molar-refractivity contribution in [2.75, 3.05) is 32.9 Å². The molecule has 2 rings (SSSR count). The molecule has 0 radical (unpaired) electrons. The Morgan fingerprint density at radius 3 is 3.06 bits per heavy atom. The first kappa shape index (κ1) is 13.3. The first-order valence-corrected chi connectivity index (χ1v) is 6.49. The Labute approximate surface area is 108 Å². The summed E-state index contributed by atoms with van der Waals surface area (Å²) in [5.41, 5.74) is 1.19. The predicted octanol–water partition coefficient (Wildman–Crippen LogP) is 1.28. The van der Waals surface area contributed by atoms with Gasteiger partial charge >= 0.3 is 0 Å². The lowest BCUT2D eigenvalue weighted by Gasteiger charge is -2.32. The molecule has 1 N–H and O–H groups in total. The van der Waals surface area contributed by atoms with Gasteiger partial charge in [0.25, 0.3) is 0 Å². The molecule has 1 aliphatic rings. The number of hydrogen-bond acceptors (Lipinski definition) is 4. The van der Waals surface area contributed by atoms with Gasteiger partial charge in [-0.05, 0) is 13.0 Å². The number of morpholine rings is 1. The van der Waals surface area contributed by atoms with E-state index in [1.807, 2.05) is 25.1 Å². The molecule has 1 unspecified atom stereocenters. The van der Waals surface area contributed by atoms with Gasteiger partial charge in [-0.1, -0.05) is 18.2 Å². The average Bonchev–Trinajstić information content (AvgIpc) is 2.41. The summed E-state index contributed by atoms with van der Waals surface area (Å²) in [7, 11) is 0. The molecule has 1 atom stereocenters. The van der Waals surface area contributed by atoms with Crippen molar-refractivity contribution < 1.29 is 14.6 Å². The van der Waals surface area contributed by atoms with Crippen LogP contribution in [0, 0.1) is 0 Å². The molecular formula is C14H21NO3. The predicted molar refractivity (Wildman–Crippen MR) is 69.7 cm³/mol. The van der Waals surface area contributed by atoms with Gasteiger partial charge in [-0.15, -0.1) is 0 Å². The summed E-state index contributed by atoms with van der Waals surface area (Å²) >= 11 is 0. The summed E-state index contributed by atoms with van der Waals surface area (Å²) in [6.07, 6.45) is -0.0574. The fourth-order valence-electron chi connectivity index (χ4n) is 2.21. The number of benzene rings is 1. The topological polar surface area (TPSA) is 41.9 Å². The van der Waals surface area contributed by atoms with Crippen molar-refractivity contribution >= 4 is 0 Å². The largest absolute Gasteiger partial charge is 0.494 e. The summed E-state index contributed by atoms with van der Waals surface area (Å²) in [4.78, 5) is 2.29. The van der Waals surface area contributed by atoms with Gasteiger partial charge in [0.05, 0.1) is 25.9 Å². The molecule has 0 saturated carbocycles. The van der Waals surface area contributed by atoms with Gasteiger partial charge in [-0.3, -0.25) is 4.90 Å². The van der Waals surface area contributed by atoms with E-state index in [1.165, 1.54) is 5.56 Å². The van der Waals surface area contributed by atoms with Crippen LogP contribution in [-0.2, 0) is 11.3 Å². The fraction of sp³-hybridized carbons (Fsp3) is 0.571. The molecule has 0 spiro atoms. The monoisotopic (exact) mass is 251 g/mol. The molecule has 18 heavy (non-hydrogen) atoms. The van der Waals surface area contributed by atoms with Crippen molar-refractivity contribution in [3.8, 4) is 5.75 Å². The molecule has 0 bridgehead atoms. The molecule has 100 valence electrons. The Morgan fingerprint density at radius 1 is 1.44 bits per heavy atom. The number of para-hydroxylation sites is 1. The van der Waals surface area contributed by atoms with Crippen LogP contribution in [0.25, 0.3) is 0 Å². The van der Waals surface area contributed by atoms with Gasteiger partial charge in [-0.2, -0.15) is 0 Å². The summed E-state index contributed by atoms with van der Waals surface area (Å²) in [6.45, 7) is 5.96. The van der Waals surface area contributed by atoms with Crippen molar-refractivity contribution in [3.63, 3.8) is 0 Å². The molecule has 0 aliphatic carbocycles. The zero-order valence-corrected chi connectivity index (χ0v) is 10.8. The molecule has 1 aliphatic heterocycles. The van der Waals surface area contributed by atoms with E-state index in [0.717, 1.165) is 25.4 Å². The van der Waals surface area contributed by atoms with Crippen LogP contribution in [-0.4, -0.2) is 49.0 Å². The molecule has 4 nitrogen and oxygen atoms in total. The van der Waals surface area contributed by atoms with Gasteiger partial charge in [0.2, 0.25) is 0 Å². The second-order valence-electron chi connectivity index (χ2n) is 4.45. The fourth-order valence-corrected chi connectivity index (χ4v) is 2.21. The standard InChI is InChI=1S/C14H21NO3/c1-2-17-14-6-4-3-5-12(14)9-15-7-8-18-13(10-15)11-16/h3-6,13,16H,2,7-11H2,1H3. The SMILES string of the molecule is CCOc1ccccc1CN1CCOC(CO)C1. The van der Waals surface area contributed by atoms with Crippen LogP contribution in [0.5, 0.6) is 5.75 Å². The second-order valence-corrected chi connectivity index (χ2v) is 4.45. The number of ether oxygens (including phenoxy) is 2. The molecule has 1 saturated heterocycles. The first-order chi connectivity index (χ1) is 8.83. The van der Waals surface area contributed by atoms with Gasteiger partial charge in [0.1, 0.15) is 5.75 Å². The average molecular weight is 251 g/mol. The lowest BCUT2D eigenvalue weighted by molar-refractivity contribution is -0.0552.